The number of thioether (sulfide) groups is 1. The molecule has 1 saturated heterocycles. The summed E-state index contributed by atoms with van der Waals surface area (Å²) in [5.41, 5.74) is 0.198. The molecule has 3 aromatic heterocycles. The van der Waals surface area contributed by atoms with Crippen LogP contribution in [0.5, 0.6) is 5.75 Å². The normalized spacial score (nSPS) is 15.5. The fraction of sp³-hybridized carbons (Fsp3) is 0.227. The molecule has 0 unspecified atom stereocenters. The minimum Gasteiger partial charge on any atom is -0.464 e. The highest BCUT2D eigenvalue weighted by atomic mass is 32.2. The van der Waals surface area contributed by atoms with Gasteiger partial charge in [-0.3, -0.25) is 9.48 Å². The van der Waals surface area contributed by atoms with Crippen molar-refractivity contribution in [2.24, 2.45) is 0 Å². The Bertz CT molecular complexity index is 1480. The maximum atomic E-state index is 13.2. The summed E-state index contributed by atoms with van der Waals surface area (Å²) in [6.07, 6.45) is 5.98. The molecule has 0 aliphatic carbocycles. The van der Waals surface area contributed by atoms with Gasteiger partial charge in [0.15, 0.2) is 11.7 Å². The Balaban J connectivity index is 1.60. The number of halogens is 4. The van der Waals surface area contributed by atoms with Crippen LogP contribution in [0.15, 0.2) is 53.9 Å². The number of nitrogens with one attached hydrogen (secondary N) is 1. The van der Waals surface area contributed by atoms with Gasteiger partial charge in [0.05, 0.1) is 24.7 Å². The highest BCUT2D eigenvalue weighted by Gasteiger charge is 2.31. The zero-order chi connectivity index (χ0) is 26.1. The number of hydrogen-bond donors (Lipinski definition) is 1. The summed E-state index contributed by atoms with van der Waals surface area (Å²) in [7, 11) is 0. The lowest BCUT2D eigenvalue weighted by molar-refractivity contribution is -0.140. The Morgan fingerprint density at radius 1 is 1.27 bits per heavy atom. The lowest BCUT2D eigenvalue weighted by atomic mass is 10.1. The number of hydrogen-bond acceptors (Lipinski definition) is 8. The molecule has 4 heterocycles. The van der Waals surface area contributed by atoms with E-state index in [2.05, 4.69) is 25.2 Å². The minimum absolute atomic E-state index is 0.0123. The number of amides is 1. The van der Waals surface area contributed by atoms with Gasteiger partial charge in [-0.2, -0.15) is 27.8 Å². The van der Waals surface area contributed by atoms with Crippen molar-refractivity contribution in [1.29, 1.82) is 0 Å². The quantitative estimate of drug-likeness (QED) is 0.202. The van der Waals surface area contributed by atoms with Crippen LogP contribution < -0.4 is 10.1 Å². The average Bonchev–Trinajstić information content (AvgIpc) is 3.57. The Morgan fingerprint density at radius 2 is 2.11 bits per heavy atom. The van der Waals surface area contributed by atoms with Gasteiger partial charge in [0.2, 0.25) is 0 Å². The van der Waals surface area contributed by atoms with E-state index in [-0.39, 0.29) is 63.6 Å². The minimum atomic E-state index is -3.22. The zero-order valence-electron chi connectivity index (χ0n) is 18.6. The number of aromatic nitrogens is 5. The Hall–Kier alpha value is -4.14. The summed E-state index contributed by atoms with van der Waals surface area (Å²) < 4.78 is 64.5. The second kappa shape index (κ2) is 10.1. The van der Waals surface area contributed by atoms with E-state index in [1.807, 2.05) is 0 Å². The van der Waals surface area contributed by atoms with Crippen molar-refractivity contribution in [3.05, 3.63) is 54.6 Å². The summed E-state index contributed by atoms with van der Waals surface area (Å²) in [5.74, 6) is -4.36. The molecule has 0 radical (unpaired) electrons. The Kier molecular flexibility index (Phi) is 6.69. The van der Waals surface area contributed by atoms with Crippen LogP contribution in [0.4, 0.5) is 23.2 Å². The molecule has 15 heteroatoms. The number of anilines is 1. The van der Waals surface area contributed by atoms with Crippen molar-refractivity contribution in [3.63, 3.8) is 0 Å². The van der Waals surface area contributed by atoms with Crippen LogP contribution in [0.1, 0.15) is 22.8 Å². The number of esters is 1. The van der Waals surface area contributed by atoms with Gasteiger partial charge in [-0.1, -0.05) is 11.8 Å². The predicted octanol–water partition coefficient (Wildman–Crippen LogP) is 4.25. The van der Waals surface area contributed by atoms with Crippen LogP contribution in [0.2, 0.25) is 0 Å². The van der Waals surface area contributed by atoms with E-state index in [9.17, 15) is 27.2 Å². The number of rotatable bonds is 8. The monoisotopic (exact) mass is 536 g/mol. The van der Waals surface area contributed by atoms with Gasteiger partial charge >= 0.3 is 12.6 Å². The maximum absolute atomic E-state index is 13.2. The van der Waals surface area contributed by atoms with Gasteiger partial charge in [0.25, 0.3) is 11.7 Å². The number of nitrogens with zero attached hydrogens (tertiary/aromatic N) is 5. The van der Waals surface area contributed by atoms with E-state index >= 15 is 0 Å². The molecule has 5 rings (SSSR count). The molecule has 1 fully saturated rings. The molecule has 1 amide bonds. The number of ether oxygens (including phenoxy) is 2. The van der Waals surface area contributed by atoms with Crippen molar-refractivity contribution in [1.82, 2.24) is 24.4 Å². The molecule has 1 aromatic carbocycles. The van der Waals surface area contributed by atoms with Gasteiger partial charge in [-0.25, -0.2) is 14.3 Å². The van der Waals surface area contributed by atoms with E-state index in [0.717, 1.165) is 6.07 Å². The van der Waals surface area contributed by atoms with Crippen LogP contribution in [0.25, 0.3) is 16.9 Å². The lowest BCUT2D eigenvalue weighted by Gasteiger charge is -2.13. The molecule has 37 heavy (non-hydrogen) atoms. The summed E-state index contributed by atoms with van der Waals surface area (Å²) in [6.45, 7) is -3.07. The molecule has 10 nitrogen and oxygen atoms in total. The molecule has 1 N–H and O–H groups in total. The molecule has 0 spiro atoms. The van der Waals surface area contributed by atoms with E-state index in [1.165, 1.54) is 39.9 Å². The van der Waals surface area contributed by atoms with Crippen molar-refractivity contribution in [2.45, 2.75) is 29.7 Å². The standard InChI is InChI=1S/C22H16F4N6O4S/c23-21(24)36-16-3-2-11(37-22(25)26)8-12(16)17-14(10-32(30-17)15-4-7-35-20(15)34)29-19(33)13-9-28-31-6-1-5-27-18(13)31/h1-3,5-6,8-10,15,21-22H,4,7H2,(H,29,33)/t15-/m1/s1. The average molecular weight is 536 g/mol. The van der Waals surface area contributed by atoms with Crippen molar-refractivity contribution in [3.8, 4) is 17.0 Å². The molecule has 1 aliphatic heterocycles. The summed E-state index contributed by atoms with van der Waals surface area (Å²) in [6, 6.07) is 4.29. The number of alkyl halides is 4. The second-order valence-corrected chi connectivity index (χ2v) is 8.72. The first-order valence-corrected chi connectivity index (χ1v) is 11.6. The summed E-state index contributed by atoms with van der Waals surface area (Å²) in [4.78, 5) is 29.5. The highest BCUT2D eigenvalue weighted by Crippen LogP contribution is 2.40. The molecular weight excluding hydrogens is 520 g/mol. The number of cyclic esters (lactones) is 1. The molecule has 0 bridgehead atoms. The molecule has 192 valence electrons. The first-order chi connectivity index (χ1) is 17.8. The maximum Gasteiger partial charge on any atom is 0.387 e. The van der Waals surface area contributed by atoms with Gasteiger partial charge in [-0.05, 0) is 24.3 Å². The topological polar surface area (TPSA) is 113 Å². The third kappa shape index (κ3) is 5.07. The van der Waals surface area contributed by atoms with Crippen LogP contribution >= 0.6 is 11.8 Å². The first-order valence-electron chi connectivity index (χ1n) is 10.7. The van der Waals surface area contributed by atoms with E-state index in [4.69, 9.17) is 4.74 Å². The number of fused-ring (bicyclic) bond motifs is 1. The van der Waals surface area contributed by atoms with Crippen LogP contribution in [-0.4, -0.2) is 55.2 Å². The zero-order valence-corrected chi connectivity index (χ0v) is 19.4. The van der Waals surface area contributed by atoms with Gasteiger partial charge in [0.1, 0.15) is 17.0 Å². The number of carbonyl (C=O) groups excluding carboxylic acids is 2. The Morgan fingerprint density at radius 3 is 2.84 bits per heavy atom. The van der Waals surface area contributed by atoms with E-state index in [0.29, 0.717) is 0 Å². The third-order valence-electron chi connectivity index (χ3n) is 5.38. The van der Waals surface area contributed by atoms with Gasteiger partial charge < -0.3 is 14.8 Å². The molecular formula is C22H16F4N6O4S. The second-order valence-electron chi connectivity index (χ2n) is 7.66. The lowest BCUT2D eigenvalue weighted by Crippen LogP contribution is -2.15. The van der Waals surface area contributed by atoms with Crippen molar-refractivity contribution >= 4 is 35.0 Å². The fourth-order valence-electron chi connectivity index (χ4n) is 3.81. The molecule has 1 aliphatic rings. The van der Waals surface area contributed by atoms with Crippen molar-refractivity contribution in [2.75, 3.05) is 11.9 Å². The van der Waals surface area contributed by atoms with Crippen LogP contribution in [0.3, 0.4) is 0 Å². The number of benzene rings is 1. The Labute approximate surface area is 209 Å². The van der Waals surface area contributed by atoms with Gasteiger partial charge in [0, 0.05) is 29.3 Å². The van der Waals surface area contributed by atoms with Crippen LogP contribution in [-0.2, 0) is 9.53 Å². The highest BCUT2D eigenvalue weighted by molar-refractivity contribution is 7.99. The van der Waals surface area contributed by atoms with E-state index in [1.54, 1.807) is 12.3 Å². The fourth-order valence-corrected chi connectivity index (χ4v) is 4.35. The summed E-state index contributed by atoms with van der Waals surface area (Å²) >= 11 is 0.195. The van der Waals surface area contributed by atoms with Gasteiger partial charge in [-0.15, -0.1) is 0 Å². The molecule has 4 aromatic rings. The SMILES string of the molecule is O=C(Nc1cn([C@@H]2CCOC2=O)nc1-c1cc(SC(F)F)ccc1OC(F)F)c1cnn2cccnc12. The summed E-state index contributed by atoms with van der Waals surface area (Å²) in [5, 5.41) is 11.0. The van der Waals surface area contributed by atoms with Crippen LogP contribution in [0, 0.1) is 0 Å². The largest absolute Gasteiger partial charge is 0.464 e. The molecule has 1 atom stereocenters. The van der Waals surface area contributed by atoms with Crippen molar-refractivity contribution < 1.29 is 36.6 Å². The first kappa shape index (κ1) is 24.5. The molecule has 0 saturated carbocycles. The smallest absolute Gasteiger partial charge is 0.387 e. The van der Waals surface area contributed by atoms with E-state index < -0.39 is 30.3 Å². The predicted molar refractivity (Wildman–Crippen MR) is 122 cm³/mol. The number of carbonyl (C=O) groups is 2. The third-order valence-corrected chi connectivity index (χ3v) is 6.08.